The van der Waals surface area contributed by atoms with Crippen LogP contribution in [0.5, 0.6) is 11.5 Å². The number of benzene rings is 3. The predicted molar refractivity (Wildman–Crippen MR) is 124 cm³/mol. The summed E-state index contributed by atoms with van der Waals surface area (Å²) >= 11 is 0. The van der Waals surface area contributed by atoms with Crippen molar-refractivity contribution >= 4 is 11.0 Å². The van der Waals surface area contributed by atoms with Gasteiger partial charge in [-0.1, -0.05) is 36.4 Å². The molecular formula is C27H26O4. The molecule has 0 amide bonds. The molecule has 158 valence electrons. The molecule has 0 bridgehead atoms. The maximum atomic E-state index is 13.3. The first-order chi connectivity index (χ1) is 14.9. The number of fused-ring (bicyclic) bond motifs is 1. The van der Waals surface area contributed by atoms with Crippen LogP contribution in [0, 0.1) is 27.7 Å². The van der Waals surface area contributed by atoms with Crippen LogP contribution < -0.4 is 14.9 Å². The van der Waals surface area contributed by atoms with Crippen molar-refractivity contribution in [2.24, 2.45) is 0 Å². The Hall–Kier alpha value is -3.53. The summed E-state index contributed by atoms with van der Waals surface area (Å²) in [5.74, 6) is 1.44. The minimum atomic E-state index is -0.172. The molecule has 0 saturated heterocycles. The highest BCUT2D eigenvalue weighted by atomic mass is 16.5. The Kier molecular flexibility index (Phi) is 5.81. The van der Waals surface area contributed by atoms with Gasteiger partial charge in [0.2, 0.25) is 11.2 Å². The number of rotatable bonds is 6. The minimum Gasteiger partial charge on any atom is -0.490 e. The SMILES string of the molecule is Cc1cc(C)cc(OCCOc2c(-c3ccccc3)oc3cc(C)c(C)cc3c2=O)c1. The molecular weight excluding hydrogens is 388 g/mol. The van der Waals surface area contributed by atoms with Gasteiger partial charge >= 0.3 is 0 Å². The molecule has 0 saturated carbocycles. The quantitative estimate of drug-likeness (QED) is 0.355. The fourth-order valence-electron chi connectivity index (χ4n) is 3.66. The Balaban J connectivity index is 1.65. The van der Waals surface area contributed by atoms with E-state index in [1.807, 2.05) is 82.3 Å². The van der Waals surface area contributed by atoms with Crippen LogP contribution >= 0.6 is 0 Å². The Morgan fingerprint density at radius 1 is 0.774 bits per heavy atom. The minimum absolute atomic E-state index is 0.172. The maximum Gasteiger partial charge on any atom is 0.235 e. The van der Waals surface area contributed by atoms with E-state index in [9.17, 15) is 4.79 Å². The Morgan fingerprint density at radius 3 is 2.13 bits per heavy atom. The van der Waals surface area contributed by atoms with E-state index in [2.05, 4.69) is 6.07 Å². The number of hydrogen-bond acceptors (Lipinski definition) is 4. The third-order valence-corrected chi connectivity index (χ3v) is 5.29. The van der Waals surface area contributed by atoms with Gasteiger partial charge in [-0.25, -0.2) is 0 Å². The Bertz CT molecular complexity index is 1270. The molecule has 0 unspecified atom stereocenters. The lowest BCUT2D eigenvalue weighted by Crippen LogP contribution is -2.15. The van der Waals surface area contributed by atoms with Gasteiger partial charge in [-0.3, -0.25) is 4.79 Å². The molecule has 0 radical (unpaired) electrons. The molecule has 0 spiro atoms. The first-order valence-corrected chi connectivity index (χ1v) is 10.4. The second-order valence-corrected chi connectivity index (χ2v) is 7.91. The summed E-state index contributed by atoms with van der Waals surface area (Å²) in [5.41, 5.74) is 5.58. The van der Waals surface area contributed by atoms with Crippen molar-refractivity contribution < 1.29 is 13.9 Å². The predicted octanol–water partition coefficient (Wildman–Crippen LogP) is 6.15. The van der Waals surface area contributed by atoms with E-state index >= 15 is 0 Å². The van der Waals surface area contributed by atoms with Crippen molar-refractivity contribution in [3.05, 3.63) is 93.1 Å². The van der Waals surface area contributed by atoms with E-state index in [1.54, 1.807) is 0 Å². The molecule has 4 heteroatoms. The normalized spacial score (nSPS) is 11.0. The van der Waals surface area contributed by atoms with Crippen molar-refractivity contribution in [2.75, 3.05) is 13.2 Å². The van der Waals surface area contributed by atoms with Gasteiger partial charge in [0.15, 0.2) is 5.76 Å². The summed E-state index contributed by atoms with van der Waals surface area (Å²) in [6.45, 7) is 8.61. The third-order valence-electron chi connectivity index (χ3n) is 5.29. The summed E-state index contributed by atoms with van der Waals surface area (Å²) in [7, 11) is 0. The highest BCUT2D eigenvalue weighted by Gasteiger charge is 2.18. The summed E-state index contributed by atoms with van der Waals surface area (Å²) < 4.78 is 18.0. The van der Waals surface area contributed by atoms with E-state index < -0.39 is 0 Å². The average Bonchev–Trinajstić information content (AvgIpc) is 2.74. The number of hydrogen-bond donors (Lipinski definition) is 0. The molecule has 0 aliphatic carbocycles. The van der Waals surface area contributed by atoms with E-state index in [4.69, 9.17) is 13.9 Å². The van der Waals surface area contributed by atoms with Crippen LogP contribution in [0.25, 0.3) is 22.3 Å². The molecule has 0 aliphatic rings. The van der Waals surface area contributed by atoms with Crippen LogP contribution in [0.15, 0.2) is 69.9 Å². The molecule has 3 aromatic carbocycles. The first kappa shape index (κ1) is 20.7. The topological polar surface area (TPSA) is 48.7 Å². The number of aryl methyl sites for hydroxylation is 4. The lowest BCUT2D eigenvalue weighted by molar-refractivity contribution is 0.214. The van der Waals surface area contributed by atoms with E-state index in [0.29, 0.717) is 23.3 Å². The van der Waals surface area contributed by atoms with Gasteiger partial charge in [0, 0.05) is 5.56 Å². The van der Waals surface area contributed by atoms with Gasteiger partial charge in [0.1, 0.15) is 24.5 Å². The van der Waals surface area contributed by atoms with Crippen molar-refractivity contribution in [3.63, 3.8) is 0 Å². The van der Waals surface area contributed by atoms with Crippen molar-refractivity contribution in [2.45, 2.75) is 27.7 Å². The molecule has 0 atom stereocenters. The Morgan fingerprint density at radius 2 is 1.42 bits per heavy atom. The lowest BCUT2D eigenvalue weighted by Gasteiger charge is -2.13. The zero-order valence-corrected chi connectivity index (χ0v) is 18.3. The number of ether oxygens (including phenoxy) is 2. The lowest BCUT2D eigenvalue weighted by atomic mass is 10.0. The summed E-state index contributed by atoms with van der Waals surface area (Å²) in [5, 5.41) is 0.521. The summed E-state index contributed by atoms with van der Waals surface area (Å²) in [4.78, 5) is 13.3. The third kappa shape index (κ3) is 4.48. The highest BCUT2D eigenvalue weighted by Crippen LogP contribution is 2.31. The van der Waals surface area contributed by atoms with Crippen LogP contribution in [0.3, 0.4) is 0 Å². The molecule has 4 nitrogen and oxygen atoms in total. The van der Waals surface area contributed by atoms with Crippen LogP contribution in [-0.2, 0) is 0 Å². The van der Waals surface area contributed by atoms with Crippen LogP contribution in [0.1, 0.15) is 22.3 Å². The second-order valence-electron chi connectivity index (χ2n) is 7.91. The largest absolute Gasteiger partial charge is 0.490 e. The molecule has 0 fully saturated rings. The fraction of sp³-hybridized carbons (Fsp3) is 0.222. The first-order valence-electron chi connectivity index (χ1n) is 10.4. The van der Waals surface area contributed by atoms with Crippen molar-refractivity contribution in [1.29, 1.82) is 0 Å². The van der Waals surface area contributed by atoms with Crippen LogP contribution in [0.2, 0.25) is 0 Å². The average molecular weight is 415 g/mol. The standard InChI is InChI=1S/C27H26O4/c1-17-12-18(2)14-22(13-17)29-10-11-30-27-25(28)23-15-19(3)20(4)16-24(23)31-26(27)21-8-6-5-7-9-21/h5-9,12-16H,10-11H2,1-4H3. The maximum absolute atomic E-state index is 13.3. The molecule has 4 aromatic rings. The molecule has 0 N–H and O–H groups in total. The van der Waals surface area contributed by atoms with Gasteiger partial charge in [-0.2, -0.15) is 0 Å². The van der Waals surface area contributed by atoms with E-state index in [0.717, 1.165) is 33.6 Å². The van der Waals surface area contributed by atoms with Crippen LogP contribution in [0.4, 0.5) is 0 Å². The van der Waals surface area contributed by atoms with Gasteiger partial charge in [0.05, 0.1) is 5.39 Å². The van der Waals surface area contributed by atoms with Gasteiger partial charge < -0.3 is 13.9 Å². The fourth-order valence-corrected chi connectivity index (χ4v) is 3.66. The molecule has 31 heavy (non-hydrogen) atoms. The highest BCUT2D eigenvalue weighted by molar-refractivity contribution is 5.83. The zero-order valence-electron chi connectivity index (χ0n) is 18.3. The summed E-state index contributed by atoms with van der Waals surface area (Å²) in [6.07, 6.45) is 0. The van der Waals surface area contributed by atoms with E-state index in [-0.39, 0.29) is 17.8 Å². The zero-order chi connectivity index (χ0) is 22.0. The van der Waals surface area contributed by atoms with Crippen LogP contribution in [-0.4, -0.2) is 13.2 Å². The molecule has 0 aliphatic heterocycles. The molecule has 4 rings (SSSR count). The molecule has 1 aromatic heterocycles. The summed E-state index contributed by atoms with van der Waals surface area (Å²) in [6, 6.07) is 19.4. The smallest absolute Gasteiger partial charge is 0.235 e. The van der Waals surface area contributed by atoms with Gasteiger partial charge in [0.25, 0.3) is 0 Å². The van der Waals surface area contributed by atoms with Gasteiger partial charge in [-0.15, -0.1) is 0 Å². The van der Waals surface area contributed by atoms with Crippen molar-refractivity contribution in [1.82, 2.24) is 0 Å². The monoisotopic (exact) mass is 414 g/mol. The Labute approximate surface area is 182 Å². The van der Waals surface area contributed by atoms with Crippen molar-refractivity contribution in [3.8, 4) is 22.8 Å². The van der Waals surface area contributed by atoms with Gasteiger partial charge in [-0.05, 0) is 74.2 Å². The van der Waals surface area contributed by atoms with E-state index in [1.165, 1.54) is 0 Å². The molecule has 1 heterocycles. The second kappa shape index (κ2) is 8.68.